The van der Waals surface area contributed by atoms with Crippen molar-refractivity contribution in [1.82, 2.24) is 26.0 Å². The van der Waals surface area contributed by atoms with Crippen LogP contribution in [-0.2, 0) is 9.59 Å². The summed E-state index contributed by atoms with van der Waals surface area (Å²) < 4.78 is 0. The molecule has 0 spiro atoms. The van der Waals surface area contributed by atoms with Crippen LogP contribution in [0.3, 0.4) is 0 Å². The Morgan fingerprint density at radius 3 is 2.85 bits per heavy atom. The first kappa shape index (κ1) is 18.7. The number of rotatable bonds is 3. The minimum atomic E-state index is -0.274. The molecule has 0 aromatic heterocycles. The van der Waals surface area contributed by atoms with Crippen molar-refractivity contribution < 1.29 is 9.59 Å². The van der Waals surface area contributed by atoms with Gasteiger partial charge in [0.2, 0.25) is 11.8 Å². The van der Waals surface area contributed by atoms with Crippen molar-refractivity contribution >= 4 is 23.4 Å². The number of hydrogen-bond acceptors (Lipinski definition) is 5. The average molecular weight is 392 g/mol. The van der Waals surface area contributed by atoms with E-state index in [4.69, 9.17) is 11.6 Å². The van der Waals surface area contributed by atoms with Crippen LogP contribution < -0.4 is 16.2 Å². The molecule has 2 amide bonds. The molecule has 0 radical (unpaired) electrons. The number of hydrogen-bond donors (Lipinski definition) is 3. The number of benzene rings is 1. The number of piperazine rings is 1. The van der Waals surface area contributed by atoms with Crippen LogP contribution in [0.4, 0.5) is 0 Å². The second kappa shape index (κ2) is 8.14. The van der Waals surface area contributed by atoms with Crippen molar-refractivity contribution in [2.24, 2.45) is 0 Å². The number of hydrazine groups is 1. The van der Waals surface area contributed by atoms with Gasteiger partial charge in [-0.15, -0.1) is 0 Å². The SMILES string of the molecule is O=C(C1CC(c2ccccc2Cl)NN1)N1CCCC(N2CCNCC2=O)C1. The maximum Gasteiger partial charge on any atom is 0.241 e. The standard InChI is InChI=1S/C19H26ClN5O2/c20-15-6-2-1-5-14(15)16-10-17(23-22-16)19(27)24-8-3-4-13(12-24)25-9-7-21-11-18(25)26/h1-2,5-6,13,16-17,21-23H,3-4,7-12H2. The van der Waals surface area contributed by atoms with Gasteiger partial charge in [0.05, 0.1) is 6.54 Å². The lowest BCUT2D eigenvalue weighted by molar-refractivity contribution is -0.141. The molecular formula is C19H26ClN5O2. The van der Waals surface area contributed by atoms with E-state index in [1.54, 1.807) is 0 Å². The lowest BCUT2D eigenvalue weighted by Crippen LogP contribution is -2.59. The third kappa shape index (κ3) is 3.96. The van der Waals surface area contributed by atoms with E-state index in [-0.39, 0.29) is 29.9 Å². The third-order valence-corrected chi connectivity index (χ3v) is 6.10. The normalized spacial score (nSPS) is 29.2. The van der Waals surface area contributed by atoms with E-state index in [1.807, 2.05) is 34.1 Å². The average Bonchev–Trinajstić information content (AvgIpc) is 3.18. The molecule has 3 fully saturated rings. The predicted molar refractivity (Wildman–Crippen MR) is 103 cm³/mol. The first-order valence-electron chi connectivity index (χ1n) is 9.68. The van der Waals surface area contributed by atoms with Crippen LogP contribution in [0, 0.1) is 0 Å². The molecule has 8 heteroatoms. The maximum atomic E-state index is 13.0. The molecule has 27 heavy (non-hydrogen) atoms. The molecular weight excluding hydrogens is 366 g/mol. The van der Waals surface area contributed by atoms with Crippen LogP contribution >= 0.6 is 11.6 Å². The lowest BCUT2D eigenvalue weighted by Gasteiger charge is -2.41. The second-order valence-electron chi connectivity index (χ2n) is 7.50. The zero-order valence-corrected chi connectivity index (χ0v) is 16.0. The van der Waals surface area contributed by atoms with E-state index >= 15 is 0 Å². The molecule has 3 aliphatic heterocycles. The molecule has 3 unspecified atom stereocenters. The number of halogens is 1. The van der Waals surface area contributed by atoms with Crippen LogP contribution in [0.2, 0.25) is 5.02 Å². The Labute approximate surface area is 164 Å². The van der Waals surface area contributed by atoms with Gasteiger partial charge in [0.1, 0.15) is 6.04 Å². The van der Waals surface area contributed by atoms with E-state index in [0.29, 0.717) is 24.5 Å². The van der Waals surface area contributed by atoms with E-state index in [0.717, 1.165) is 38.0 Å². The van der Waals surface area contributed by atoms with Gasteiger partial charge >= 0.3 is 0 Å². The molecule has 1 aromatic rings. The zero-order valence-electron chi connectivity index (χ0n) is 15.3. The predicted octanol–water partition coefficient (Wildman–Crippen LogP) is 0.670. The largest absolute Gasteiger partial charge is 0.339 e. The number of carbonyl (C=O) groups excluding carboxylic acids is 2. The van der Waals surface area contributed by atoms with Gasteiger partial charge in [0.15, 0.2) is 0 Å². The molecule has 3 N–H and O–H groups in total. The number of piperidine rings is 1. The van der Waals surface area contributed by atoms with Gasteiger partial charge in [-0.05, 0) is 30.9 Å². The Kier molecular flexibility index (Phi) is 5.63. The summed E-state index contributed by atoms with van der Waals surface area (Å²) in [7, 11) is 0. The topological polar surface area (TPSA) is 76.7 Å². The minimum Gasteiger partial charge on any atom is -0.339 e. The number of nitrogens with one attached hydrogen (secondary N) is 3. The molecule has 3 saturated heterocycles. The highest BCUT2D eigenvalue weighted by Crippen LogP contribution is 2.29. The van der Waals surface area contributed by atoms with Gasteiger partial charge in [-0.3, -0.25) is 9.59 Å². The van der Waals surface area contributed by atoms with Gasteiger partial charge in [-0.25, -0.2) is 10.9 Å². The Balaban J connectivity index is 1.38. The van der Waals surface area contributed by atoms with Crippen LogP contribution in [0.1, 0.15) is 30.9 Å². The smallest absolute Gasteiger partial charge is 0.241 e. The van der Waals surface area contributed by atoms with Crippen molar-refractivity contribution in [1.29, 1.82) is 0 Å². The Hall–Kier alpha value is -1.67. The first-order valence-corrected chi connectivity index (χ1v) is 10.1. The molecule has 7 nitrogen and oxygen atoms in total. The molecule has 0 aliphatic carbocycles. The van der Waals surface area contributed by atoms with Crippen molar-refractivity contribution in [3.8, 4) is 0 Å². The molecule has 146 valence electrons. The summed E-state index contributed by atoms with van der Waals surface area (Å²) >= 11 is 6.29. The summed E-state index contributed by atoms with van der Waals surface area (Å²) in [6.45, 7) is 3.33. The Morgan fingerprint density at radius 2 is 2.04 bits per heavy atom. The summed E-state index contributed by atoms with van der Waals surface area (Å²) in [4.78, 5) is 29.1. The van der Waals surface area contributed by atoms with Crippen LogP contribution in [0.5, 0.6) is 0 Å². The monoisotopic (exact) mass is 391 g/mol. The van der Waals surface area contributed by atoms with E-state index in [2.05, 4.69) is 16.2 Å². The number of amides is 2. The summed E-state index contributed by atoms with van der Waals surface area (Å²) in [5, 5.41) is 3.81. The van der Waals surface area contributed by atoms with Crippen molar-refractivity contribution in [2.75, 3.05) is 32.7 Å². The molecule has 4 rings (SSSR count). The van der Waals surface area contributed by atoms with E-state index in [1.165, 1.54) is 0 Å². The quantitative estimate of drug-likeness (QED) is 0.706. The van der Waals surface area contributed by atoms with E-state index in [9.17, 15) is 9.59 Å². The number of nitrogens with zero attached hydrogens (tertiary/aromatic N) is 2. The van der Waals surface area contributed by atoms with Gasteiger partial charge in [-0.2, -0.15) is 0 Å². The van der Waals surface area contributed by atoms with Gasteiger partial charge < -0.3 is 15.1 Å². The number of likely N-dealkylation sites (tertiary alicyclic amines) is 1. The molecule has 0 bridgehead atoms. The fourth-order valence-electron chi connectivity index (χ4n) is 4.32. The van der Waals surface area contributed by atoms with Crippen LogP contribution in [0.15, 0.2) is 24.3 Å². The third-order valence-electron chi connectivity index (χ3n) is 5.76. The molecule has 3 heterocycles. The molecule has 1 aromatic carbocycles. The van der Waals surface area contributed by atoms with Crippen molar-refractivity contribution in [3.63, 3.8) is 0 Å². The van der Waals surface area contributed by atoms with Gasteiger partial charge in [0.25, 0.3) is 0 Å². The summed E-state index contributed by atoms with van der Waals surface area (Å²) in [5.74, 6) is 0.240. The van der Waals surface area contributed by atoms with Gasteiger partial charge in [-0.1, -0.05) is 29.8 Å². The summed E-state index contributed by atoms with van der Waals surface area (Å²) in [6.07, 6.45) is 2.56. The van der Waals surface area contributed by atoms with Crippen LogP contribution in [-0.4, -0.2) is 66.4 Å². The Bertz CT molecular complexity index is 715. The fraction of sp³-hybridized carbons (Fsp3) is 0.579. The van der Waals surface area contributed by atoms with E-state index < -0.39 is 0 Å². The zero-order chi connectivity index (χ0) is 18.8. The molecule has 3 aliphatic rings. The Morgan fingerprint density at radius 1 is 1.19 bits per heavy atom. The minimum absolute atomic E-state index is 0.0167. The van der Waals surface area contributed by atoms with Crippen LogP contribution in [0.25, 0.3) is 0 Å². The second-order valence-corrected chi connectivity index (χ2v) is 7.90. The highest BCUT2D eigenvalue weighted by Gasteiger charge is 2.37. The highest BCUT2D eigenvalue weighted by molar-refractivity contribution is 6.31. The number of carbonyl (C=O) groups is 2. The molecule has 0 saturated carbocycles. The first-order chi connectivity index (χ1) is 13.1. The summed E-state index contributed by atoms with van der Waals surface area (Å²) in [6, 6.07) is 7.59. The highest BCUT2D eigenvalue weighted by atomic mass is 35.5. The van der Waals surface area contributed by atoms with Crippen molar-refractivity contribution in [3.05, 3.63) is 34.9 Å². The summed E-state index contributed by atoms with van der Waals surface area (Å²) in [5.41, 5.74) is 7.36. The van der Waals surface area contributed by atoms with Gasteiger partial charge in [0, 0.05) is 43.3 Å². The fourth-order valence-corrected chi connectivity index (χ4v) is 4.58. The maximum absolute atomic E-state index is 13.0. The lowest BCUT2D eigenvalue weighted by atomic mass is 9.99. The molecule has 3 atom stereocenters. The van der Waals surface area contributed by atoms with Crippen molar-refractivity contribution in [2.45, 2.75) is 37.4 Å².